The monoisotopic (exact) mass is 384 g/mol. The van der Waals surface area contributed by atoms with E-state index in [2.05, 4.69) is 5.32 Å². The zero-order chi connectivity index (χ0) is 20.1. The van der Waals surface area contributed by atoms with Crippen molar-refractivity contribution in [1.82, 2.24) is 4.90 Å². The standard InChI is InChI=1S/C21H24N2O5/c1-14(24)22-17-6-4-5-7-18(17)28-13-21(25)23-9-8-15-10-19(26-2)20(27-3)11-16(15)12-23/h4-7,10-11H,8-9,12-13H2,1-3H3,(H,22,24). The molecule has 0 atom stereocenters. The Morgan fingerprint density at radius 2 is 1.71 bits per heavy atom. The molecule has 2 aromatic carbocycles. The Balaban J connectivity index is 1.66. The number of rotatable bonds is 6. The summed E-state index contributed by atoms with van der Waals surface area (Å²) < 4.78 is 16.4. The van der Waals surface area contributed by atoms with E-state index < -0.39 is 0 Å². The topological polar surface area (TPSA) is 77.1 Å². The number of nitrogens with zero attached hydrogens (tertiary/aromatic N) is 1. The Labute approximate surface area is 164 Å². The van der Waals surface area contributed by atoms with Crippen LogP contribution in [0.5, 0.6) is 17.2 Å². The Kier molecular flexibility index (Phi) is 6.03. The molecule has 0 spiro atoms. The third kappa shape index (κ3) is 4.36. The molecule has 1 aliphatic rings. The predicted molar refractivity (Wildman–Crippen MR) is 105 cm³/mol. The first-order valence-corrected chi connectivity index (χ1v) is 9.02. The minimum Gasteiger partial charge on any atom is -0.493 e. The minimum atomic E-state index is -0.195. The van der Waals surface area contributed by atoms with E-state index in [-0.39, 0.29) is 18.4 Å². The molecule has 0 bridgehead atoms. The van der Waals surface area contributed by atoms with Crippen molar-refractivity contribution < 1.29 is 23.8 Å². The van der Waals surface area contributed by atoms with E-state index in [0.29, 0.717) is 36.0 Å². The van der Waals surface area contributed by atoms with E-state index in [9.17, 15) is 9.59 Å². The van der Waals surface area contributed by atoms with Gasteiger partial charge in [0.1, 0.15) is 5.75 Å². The molecule has 0 aromatic heterocycles. The van der Waals surface area contributed by atoms with Gasteiger partial charge in [0, 0.05) is 20.0 Å². The number of methoxy groups -OCH3 is 2. The summed E-state index contributed by atoms with van der Waals surface area (Å²) in [5.41, 5.74) is 2.73. The molecule has 0 aliphatic carbocycles. The van der Waals surface area contributed by atoms with Crippen LogP contribution in [0.4, 0.5) is 5.69 Å². The lowest BCUT2D eigenvalue weighted by atomic mass is 9.99. The van der Waals surface area contributed by atoms with Crippen molar-refractivity contribution in [3.05, 3.63) is 47.5 Å². The number of fused-ring (bicyclic) bond motifs is 1. The Morgan fingerprint density at radius 3 is 2.39 bits per heavy atom. The van der Waals surface area contributed by atoms with Crippen molar-refractivity contribution in [2.45, 2.75) is 19.9 Å². The molecule has 3 rings (SSSR count). The highest BCUT2D eigenvalue weighted by atomic mass is 16.5. The first-order chi connectivity index (χ1) is 13.5. The largest absolute Gasteiger partial charge is 0.493 e. The summed E-state index contributed by atoms with van der Waals surface area (Å²) in [6, 6.07) is 10.9. The Bertz CT molecular complexity index is 881. The van der Waals surface area contributed by atoms with E-state index in [0.717, 1.165) is 17.5 Å². The number of nitrogens with one attached hydrogen (secondary N) is 1. The molecular weight excluding hydrogens is 360 g/mol. The van der Waals surface area contributed by atoms with Crippen LogP contribution in [0.3, 0.4) is 0 Å². The van der Waals surface area contributed by atoms with Crippen LogP contribution >= 0.6 is 0 Å². The molecule has 2 amide bonds. The average molecular weight is 384 g/mol. The maximum atomic E-state index is 12.6. The van der Waals surface area contributed by atoms with Gasteiger partial charge < -0.3 is 24.4 Å². The third-order valence-electron chi connectivity index (χ3n) is 4.62. The van der Waals surface area contributed by atoms with Crippen LogP contribution in [-0.4, -0.2) is 44.1 Å². The summed E-state index contributed by atoms with van der Waals surface area (Å²) in [6.07, 6.45) is 0.740. The molecule has 0 unspecified atom stereocenters. The van der Waals surface area contributed by atoms with Gasteiger partial charge >= 0.3 is 0 Å². The molecule has 1 aliphatic heterocycles. The summed E-state index contributed by atoms with van der Waals surface area (Å²) in [5, 5.41) is 2.70. The molecule has 7 nitrogen and oxygen atoms in total. The van der Waals surface area contributed by atoms with Crippen molar-refractivity contribution in [3.63, 3.8) is 0 Å². The second kappa shape index (κ2) is 8.65. The summed E-state index contributed by atoms with van der Waals surface area (Å²) >= 11 is 0. The number of para-hydroxylation sites is 2. The van der Waals surface area contributed by atoms with Crippen LogP contribution in [0.15, 0.2) is 36.4 Å². The lowest BCUT2D eigenvalue weighted by molar-refractivity contribution is -0.134. The van der Waals surface area contributed by atoms with E-state index in [1.54, 1.807) is 43.4 Å². The summed E-state index contributed by atoms with van der Waals surface area (Å²) in [7, 11) is 3.20. The third-order valence-corrected chi connectivity index (χ3v) is 4.62. The van der Waals surface area contributed by atoms with Crippen molar-refractivity contribution in [2.75, 3.05) is 32.7 Å². The molecule has 0 radical (unpaired) electrons. The second-order valence-electron chi connectivity index (χ2n) is 6.51. The molecule has 28 heavy (non-hydrogen) atoms. The minimum absolute atomic E-state index is 0.0980. The van der Waals surface area contributed by atoms with Gasteiger partial charge in [0.05, 0.1) is 19.9 Å². The van der Waals surface area contributed by atoms with Crippen LogP contribution in [-0.2, 0) is 22.6 Å². The normalized spacial score (nSPS) is 12.8. The number of hydrogen-bond donors (Lipinski definition) is 1. The molecule has 2 aromatic rings. The highest BCUT2D eigenvalue weighted by molar-refractivity contribution is 5.90. The molecule has 1 heterocycles. The number of hydrogen-bond acceptors (Lipinski definition) is 5. The van der Waals surface area contributed by atoms with Gasteiger partial charge in [-0.25, -0.2) is 0 Å². The lowest BCUT2D eigenvalue weighted by Crippen LogP contribution is -2.38. The van der Waals surface area contributed by atoms with Gasteiger partial charge in [-0.3, -0.25) is 9.59 Å². The predicted octanol–water partition coefficient (Wildman–Crippen LogP) is 2.63. The van der Waals surface area contributed by atoms with E-state index in [4.69, 9.17) is 14.2 Å². The SMILES string of the molecule is COc1cc2c(cc1OC)CN(C(=O)COc1ccccc1NC(C)=O)CC2. The van der Waals surface area contributed by atoms with Gasteiger partial charge in [-0.15, -0.1) is 0 Å². The molecule has 7 heteroatoms. The van der Waals surface area contributed by atoms with E-state index in [1.807, 2.05) is 12.1 Å². The van der Waals surface area contributed by atoms with Crippen LogP contribution < -0.4 is 19.5 Å². The molecule has 0 saturated heterocycles. The fourth-order valence-electron chi connectivity index (χ4n) is 3.21. The summed E-state index contributed by atoms with van der Waals surface area (Å²) in [5.74, 6) is 1.50. The smallest absolute Gasteiger partial charge is 0.260 e. The van der Waals surface area contributed by atoms with Gasteiger partial charge in [-0.2, -0.15) is 0 Å². The van der Waals surface area contributed by atoms with Crippen LogP contribution in [0.25, 0.3) is 0 Å². The van der Waals surface area contributed by atoms with Gasteiger partial charge in [-0.1, -0.05) is 12.1 Å². The number of carbonyl (C=O) groups excluding carboxylic acids is 2. The maximum Gasteiger partial charge on any atom is 0.260 e. The molecule has 0 fully saturated rings. The van der Waals surface area contributed by atoms with Crippen LogP contribution in [0, 0.1) is 0 Å². The van der Waals surface area contributed by atoms with E-state index >= 15 is 0 Å². The zero-order valence-electron chi connectivity index (χ0n) is 16.3. The number of carbonyl (C=O) groups is 2. The molecule has 148 valence electrons. The van der Waals surface area contributed by atoms with Gasteiger partial charge in [0.15, 0.2) is 18.1 Å². The van der Waals surface area contributed by atoms with E-state index in [1.165, 1.54) is 6.92 Å². The number of ether oxygens (including phenoxy) is 3. The number of anilines is 1. The molecule has 0 saturated carbocycles. The fourth-order valence-corrected chi connectivity index (χ4v) is 3.21. The Hall–Kier alpha value is -3.22. The maximum absolute atomic E-state index is 12.6. The quantitative estimate of drug-likeness (QED) is 0.829. The molecule has 1 N–H and O–H groups in total. The average Bonchev–Trinajstić information content (AvgIpc) is 2.70. The fraction of sp³-hybridized carbons (Fsp3) is 0.333. The highest BCUT2D eigenvalue weighted by Gasteiger charge is 2.23. The van der Waals surface area contributed by atoms with Crippen molar-refractivity contribution in [1.29, 1.82) is 0 Å². The first kappa shape index (κ1) is 19.5. The molecular formula is C21H24N2O5. The lowest BCUT2D eigenvalue weighted by Gasteiger charge is -2.29. The van der Waals surface area contributed by atoms with Crippen molar-refractivity contribution in [2.24, 2.45) is 0 Å². The highest BCUT2D eigenvalue weighted by Crippen LogP contribution is 2.33. The number of amides is 2. The van der Waals surface area contributed by atoms with Gasteiger partial charge in [0.2, 0.25) is 5.91 Å². The van der Waals surface area contributed by atoms with Crippen LogP contribution in [0.2, 0.25) is 0 Å². The summed E-state index contributed by atoms with van der Waals surface area (Å²) in [6.45, 7) is 2.43. The Morgan fingerprint density at radius 1 is 1.04 bits per heavy atom. The van der Waals surface area contributed by atoms with Crippen LogP contribution in [0.1, 0.15) is 18.1 Å². The van der Waals surface area contributed by atoms with Gasteiger partial charge in [-0.05, 0) is 41.8 Å². The second-order valence-corrected chi connectivity index (χ2v) is 6.51. The first-order valence-electron chi connectivity index (χ1n) is 9.02. The summed E-state index contributed by atoms with van der Waals surface area (Å²) in [4.78, 5) is 25.7. The zero-order valence-corrected chi connectivity index (χ0v) is 16.3. The van der Waals surface area contributed by atoms with Crippen molar-refractivity contribution in [3.8, 4) is 17.2 Å². The number of benzene rings is 2. The van der Waals surface area contributed by atoms with Crippen molar-refractivity contribution >= 4 is 17.5 Å². The van der Waals surface area contributed by atoms with Gasteiger partial charge in [0.25, 0.3) is 5.91 Å².